The van der Waals surface area contributed by atoms with E-state index in [0.717, 1.165) is 0 Å². The first kappa shape index (κ1) is 11.1. The van der Waals surface area contributed by atoms with Crippen molar-refractivity contribution >= 4 is 15.9 Å². The fraction of sp³-hybridized carbons (Fsp3) is 0.556. The van der Waals surface area contributed by atoms with Gasteiger partial charge in [0.25, 0.3) is 5.56 Å². The molecule has 8 heteroatoms. The van der Waals surface area contributed by atoms with Gasteiger partial charge in [0.15, 0.2) is 6.23 Å². The molecule has 0 unspecified atom stereocenters. The highest BCUT2D eigenvalue weighted by Crippen LogP contribution is 2.34. The van der Waals surface area contributed by atoms with Crippen LogP contribution >= 0.6 is 15.9 Å². The number of fused-ring (bicyclic) bond motifs is 4. The summed E-state index contributed by atoms with van der Waals surface area (Å²) in [4.78, 5) is 15.1. The number of aliphatic hydroxyl groups excluding tert-OH is 2. The van der Waals surface area contributed by atoms with Gasteiger partial charge in [-0.25, -0.2) is 0 Å². The molecule has 0 radical (unpaired) electrons. The lowest BCUT2D eigenvalue weighted by Crippen LogP contribution is -2.37. The quantitative estimate of drug-likeness (QED) is 0.640. The average molecular weight is 305 g/mol. The molecule has 2 N–H and O–H groups in total. The second-order valence-corrected chi connectivity index (χ2v) is 4.80. The summed E-state index contributed by atoms with van der Waals surface area (Å²) < 4.78 is 12.3. The van der Waals surface area contributed by atoms with Gasteiger partial charge in [-0.2, -0.15) is 4.98 Å². The van der Waals surface area contributed by atoms with Crippen molar-refractivity contribution in [2.24, 2.45) is 0 Å². The molecule has 3 heterocycles. The summed E-state index contributed by atoms with van der Waals surface area (Å²) in [5.41, 5.74) is -0.455. The van der Waals surface area contributed by atoms with E-state index in [1.54, 1.807) is 0 Å². The van der Waals surface area contributed by atoms with Crippen LogP contribution < -0.4 is 10.3 Å². The van der Waals surface area contributed by atoms with Gasteiger partial charge in [-0.15, -0.1) is 0 Å². The first-order chi connectivity index (χ1) is 8.08. The molecule has 2 bridgehead atoms. The van der Waals surface area contributed by atoms with Gasteiger partial charge in [-0.05, 0) is 15.9 Å². The van der Waals surface area contributed by atoms with Crippen molar-refractivity contribution in [1.29, 1.82) is 0 Å². The first-order valence-corrected chi connectivity index (χ1v) is 5.80. The number of rotatable bonds is 0. The van der Waals surface area contributed by atoms with Crippen LogP contribution in [0.2, 0.25) is 0 Å². The van der Waals surface area contributed by atoms with Gasteiger partial charge in [0, 0.05) is 6.20 Å². The Kier molecular flexibility index (Phi) is 2.47. The van der Waals surface area contributed by atoms with Gasteiger partial charge < -0.3 is 19.7 Å². The maximum absolute atomic E-state index is 11.4. The van der Waals surface area contributed by atoms with E-state index in [4.69, 9.17) is 9.47 Å². The van der Waals surface area contributed by atoms with Crippen molar-refractivity contribution in [3.8, 4) is 6.01 Å². The smallest absolute Gasteiger partial charge is 0.302 e. The molecule has 1 aromatic heterocycles. The van der Waals surface area contributed by atoms with Gasteiger partial charge in [-0.1, -0.05) is 0 Å². The third-order valence-corrected chi connectivity index (χ3v) is 3.41. The van der Waals surface area contributed by atoms with Gasteiger partial charge in [0.1, 0.15) is 29.4 Å². The van der Waals surface area contributed by atoms with E-state index in [1.165, 1.54) is 10.8 Å². The van der Waals surface area contributed by atoms with Crippen LogP contribution in [0.1, 0.15) is 6.23 Å². The molecule has 1 saturated heterocycles. The highest BCUT2D eigenvalue weighted by Gasteiger charge is 2.46. The molecular weight excluding hydrogens is 296 g/mol. The van der Waals surface area contributed by atoms with Gasteiger partial charge >= 0.3 is 6.01 Å². The van der Waals surface area contributed by atoms with E-state index >= 15 is 0 Å². The topological polar surface area (TPSA) is 93.8 Å². The van der Waals surface area contributed by atoms with Crippen molar-refractivity contribution < 1.29 is 19.7 Å². The van der Waals surface area contributed by atoms with E-state index in [0.29, 0.717) is 0 Å². The molecular formula is C9H9BrN2O5. The molecule has 7 nitrogen and oxygen atoms in total. The third kappa shape index (κ3) is 1.60. The Morgan fingerprint density at radius 2 is 2.24 bits per heavy atom. The van der Waals surface area contributed by atoms with Gasteiger partial charge in [0.05, 0.1) is 0 Å². The molecule has 2 aliphatic rings. The average Bonchev–Trinajstić information content (AvgIpc) is 2.49. The summed E-state index contributed by atoms with van der Waals surface area (Å²) in [6.45, 7) is 0.0444. The second kappa shape index (κ2) is 3.77. The zero-order valence-corrected chi connectivity index (χ0v) is 10.1. The molecule has 4 atom stereocenters. The summed E-state index contributed by atoms with van der Waals surface area (Å²) in [6, 6.07) is 0.0802. The Morgan fingerprint density at radius 1 is 1.47 bits per heavy atom. The molecule has 0 aromatic carbocycles. The Balaban J connectivity index is 2.13. The fourth-order valence-corrected chi connectivity index (χ4v) is 2.28. The summed E-state index contributed by atoms with van der Waals surface area (Å²) in [5.74, 6) is 0. The molecule has 92 valence electrons. The van der Waals surface area contributed by atoms with Gasteiger partial charge in [-0.3, -0.25) is 9.36 Å². The lowest BCUT2D eigenvalue weighted by molar-refractivity contribution is -0.0318. The van der Waals surface area contributed by atoms with Crippen LogP contribution in [-0.4, -0.2) is 44.7 Å². The Hall–Kier alpha value is -0.960. The zero-order valence-electron chi connectivity index (χ0n) is 8.49. The van der Waals surface area contributed by atoms with Crippen molar-refractivity contribution in [2.75, 3.05) is 6.61 Å². The highest BCUT2D eigenvalue weighted by atomic mass is 79.9. The second-order valence-electron chi connectivity index (χ2n) is 3.94. The molecule has 0 aliphatic carbocycles. The molecule has 1 aromatic rings. The standard InChI is InChI=1S/C9H9BrN2O5/c10-3-1-12-8-6(14)5(13)4(17-8)2-16-9(12)11-7(3)15/h1,4-6,8,13-14H,2H2/t4-,5-,6-,8-/m1/s1. The number of hydrogen-bond donors (Lipinski definition) is 2. The van der Waals surface area contributed by atoms with Crippen LogP contribution in [0.4, 0.5) is 0 Å². The minimum atomic E-state index is -1.07. The lowest BCUT2D eigenvalue weighted by Gasteiger charge is -2.21. The van der Waals surface area contributed by atoms with Gasteiger partial charge in [0.2, 0.25) is 0 Å². The molecule has 0 spiro atoms. The third-order valence-electron chi connectivity index (χ3n) is 2.86. The fourth-order valence-electron chi connectivity index (χ4n) is 1.97. The van der Waals surface area contributed by atoms with E-state index < -0.39 is 30.1 Å². The summed E-state index contributed by atoms with van der Waals surface area (Å²) in [5, 5.41) is 19.5. The maximum atomic E-state index is 11.4. The predicted molar refractivity (Wildman–Crippen MR) is 57.6 cm³/mol. The van der Waals surface area contributed by atoms with E-state index in [2.05, 4.69) is 20.9 Å². The van der Waals surface area contributed by atoms with Crippen molar-refractivity contribution in [1.82, 2.24) is 9.55 Å². The van der Waals surface area contributed by atoms with E-state index in [-0.39, 0.29) is 17.1 Å². The molecule has 2 aliphatic heterocycles. The predicted octanol–water partition coefficient (Wildman–Crippen LogP) is -0.983. The number of aliphatic hydroxyl groups is 2. The number of hydrogen-bond acceptors (Lipinski definition) is 6. The highest BCUT2D eigenvalue weighted by molar-refractivity contribution is 9.10. The SMILES string of the molecule is O=c1nc2n(cc1Br)[C@@H]1O[C@H](CO2)[C@@H](O)[C@H]1O. The van der Waals surface area contributed by atoms with Crippen LogP contribution in [0.5, 0.6) is 6.01 Å². The lowest BCUT2D eigenvalue weighted by atomic mass is 10.1. The van der Waals surface area contributed by atoms with Crippen LogP contribution in [-0.2, 0) is 4.74 Å². The van der Waals surface area contributed by atoms with Crippen molar-refractivity contribution in [3.63, 3.8) is 0 Å². The molecule has 17 heavy (non-hydrogen) atoms. The number of ether oxygens (including phenoxy) is 2. The Morgan fingerprint density at radius 3 is 3.00 bits per heavy atom. The van der Waals surface area contributed by atoms with Crippen molar-refractivity contribution in [3.05, 3.63) is 21.0 Å². The molecule has 0 amide bonds. The monoisotopic (exact) mass is 304 g/mol. The van der Waals surface area contributed by atoms with Crippen LogP contribution in [0.3, 0.4) is 0 Å². The van der Waals surface area contributed by atoms with Crippen molar-refractivity contribution in [2.45, 2.75) is 24.5 Å². The minimum Gasteiger partial charge on any atom is -0.462 e. The van der Waals surface area contributed by atoms with E-state index in [9.17, 15) is 15.0 Å². The van der Waals surface area contributed by atoms with Crippen LogP contribution in [0.25, 0.3) is 0 Å². The largest absolute Gasteiger partial charge is 0.462 e. The van der Waals surface area contributed by atoms with Crippen LogP contribution in [0, 0.1) is 0 Å². The summed E-state index contributed by atoms with van der Waals surface area (Å²) in [7, 11) is 0. The van der Waals surface area contributed by atoms with Crippen LogP contribution in [0.15, 0.2) is 15.5 Å². The normalized spacial score (nSPS) is 35.0. The summed E-state index contributed by atoms with van der Waals surface area (Å²) >= 11 is 3.05. The summed E-state index contributed by atoms with van der Waals surface area (Å²) in [6.07, 6.45) is -2.06. The number of nitrogens with zero attached hydrogens (tertiary/aromatic N) is 2. The minimum absolute atomic E-state index is 0.0444. The maximum Gasteiger partial charge on any atom is 0.302 e. The molecule has 0 saturated carbocycles. The van der Waals surface area contributed by atoms with E-state index in [1.807, 2.05) is 0 Å². The Bertz CT molecular complexity index is 519. The molecule has 3 rings (SSSR count). The first-order valence-electron chi connectivity index (χ1n) is 5.01. The Labute approximate surface area is 104 Å². The zero-order chi connectivity index (χ0) is 12.2. The number of halogens is 1. The molecule has 1 fully saturated rings. The number of aromatic nitrogens is 2.